The van der Waals surface area contributed by atoms with Crippen molar-refractivity contribution < 1.29 is 33.8 Å². The molecular weight excluding hydrogens is 705 g/mol. The molecule has 52 heavy (non-hydrogen) atoms. The van der Waals surface area contributed by atoms with Gasteiger partial charge in [0.2, 0.25) is 11.8 Å². The number of aryl methyl sites for hydroxylation is 1. The number of rotatable bonds is 18. The first-order valence-electron chi connectivity index (χ1n) is 18.6. The zero-order valence-corrected chi connectivity index (χ0v) is 32.8. The van der Waals surface area contributed by atoms with Gasteiger partial charge in [-0.25, -0.2) is 9.97 Å². The number of piperidine rings is 3. The van der Waals surface area contributed by atoms with Crippen LogP contribution in [0.3, 0.4) is 0 Å². The van der Waals surface area contributed by atoms with Crippen molar-refractivity contribution in [1.82, 2.24) is 30.4 Å². The first kappa shape index (κ1) is 39.8. The molecule has 4 fully saturated rings. The van der Waals surface area contributed by atoms with Crippen molar-refractivity contribution in [3.63, 3.8) is 0 Å². The molecule has 0 unspecified atom stereocenters. The quantitative estimate of drug-likeness (QED) is 0.183. The van der Waals surface area contributed by atoms with Crippen LogP contribution in [0, 0.1) is 30.6 Å². The molecule has 4 aliphatic rings. The standard InChI is InChI=1S/C37H54N6O7S2/c1-20(2)29(42(6)36(47)27(14-24-7-8-24)40-34(46)30-15-25-9-11-43(30)12-10-25)17-31(50-23(5)44)35-41-28(19-52-35)33(45)39-26(13-21(3)37(48)49)16-32-38-22(4)18-51-32/h18-21,24-27,29-31H,7-17H2,1-6H3,(H,39,45)(H,40,46)(H,48,49)/t21-,26+,27-,29+,30+,31+/m0/s1. The number of esters is 1. The normalized spacial score (nSPS) is 22.6. The average Bonchev–Trinajstić information content (AvgIpc) is 3.60. The lowest BCUT2D eigenvalue weighted by Crippen LogP contribution is -2.59. The van der Waals surface area contributed by atoms with E-state index in [0.717, 1.165) is 55.9 Å². The van der Waals surface area contributed by atoms with Gasteiger partial charge >= 0.3 is 11.9 Å². The van der Waals surface area contributed by atoms with Crippen LogP contribution < -0.4 is 10.6 Å². The molecule has 0 radical (unpaired) electrons. The van der Waals surface area contributed by atoms with Crippen LogP contribution in [0.25, 0.3) is 0 Å². The molecule has 0 spiro atoms. The minimum atomic E-state index is -0.951. The second-order valence-electron chi connectivity index (χ2n) is 15.4. The Bertz CT molecular complexity index is 1580. The van der Waals surface area contributed by atoms with Gasteiger partial charge < -0.3 is 25.4 Å². The van der Waals surface area contributed by atoms with Gasteiger partial charge in [-0.05, 0) is 69.9 Å². The number of aliphatic carboxylic acids is 1. The van der Waals surface area contributed by atoms with E-state index in [1.54, 1.807) is 24.3 Å². The zero-order chi connectivity index (χ0) is 37.7. The van der Waals surface area contributed by atoms with Gasteiger partial charge in [0.1, 0.15) is 16.7 Å². The summed E-state index contributed by atoms with van der Waals surface area (Å²) in [5.74, 6) is -1.89. The van der Waals surface area contributed by atoms with Crippen molar-refractivity contribution in [3.05, 3.63) is 32.2 Å². The van der Waals surface area contributed by atoms with Crippen LogP contribution >= 0.6 is 22.7 Å². The van der Waals surface area contributed by atoms with Gasteiger partial charge in [-0.1, -0.05) is 33.6 Å². The van der Waals surface area contributed by atoms with E-state index in [1.807, 2.05) is 26.2 Å². The van der Waals surface area contributed by atoms with Crippen LogP contribution in [0.2, 0.25) is 0 Å². The number of hydrogen-bond donors (Lipinski definition) is 3. The van der Waals surface area contributed by atoms with Gasteiger partial charge in [-0.3, -0.25) is 28.9 Å². The molecule has 3 aliphatic heterocycles. The Morgan fingerprint density at radius 1 is 1.02 bits per heavy atom. The molecule has 1 aliphatic carbocycles. The third-order valence-electron chi connectivity index (χ3n) is 10.7. The van der Waals surface area contributed by atoms with Crippen molar-refractivity contribution in [1.29, 1.82) is 0 Å². The minimum absolute atomic E-state index is 0.0290. The first-order chi connectivity index (χ1) is 24.7. The van der Waals surface area contributed by atoms with Crippen LogP contribution in [-0.2, 0) is 30.3 Å². The van der Waals surface area contributed by atoms with Crippen molar-refractivity contribution in [3.8, 4) is 0 Å². The third kappa shape index (κ3) is 10.6. The van der Waals surface area contributed by atoms with Gasteiger partial charge in [0, 0.05) is 55.4 Å². The van der Waals surface area contributed by atoms with Crippen molar-refractivity contribution >= 4 is 52.3 Å². The van der Waals surface area contributed by atoms with Gasteiger partial charge in [0.05, 0.1) is 17.0 Å². The number of nitrogens with one attached hydrogen (secondary N) is 2. The number of carboxylic acid groups (broad SMARTS) is 1. The lowest BCUT2D eigenvalue weighted by Gasteiger charge is -2.45. The lowest BCUT2D eigenvalue weighted by molar-refractivity contribution is -0.149. The number of aromatic nitrogens is 2. The maximum absolute atomic E-state index is 14.2. The van der Waals surface area contributed by atoms with Gasteiger partial charge in [0.25, 0.3) is 5.91 Å². The molecular formula is C37H54N6O7S2. The maximum atomic E-state index is 14.2. The largest absolute Gasteiger partial charge is 0.481 e. The van der Waals surface area contributed by atoms with Gasteiger partial charge in [-0.15, -0.1) is 22.7 Å². The highest BCUT2D eigenvalue weighted by Crippen LogP contribution is 2.36. The van der Waals surface area contributed by atoms with E-state index in [2.05, 4.69) is 25.5 Å². The summed E-state index contributed by atoms with van der Waals surface area (Å²) in [5.41, 5.74) is 0.988. The first-order valence-corrected chi connectivity index (χ1v) is 20.3. The number of carboxylic acids is 1. The van der Waals surface area contributed by atoms with E-state index in [-0.39, 0.29) is 48.4 Å². The number of likely N-dealkylation sites (N-methyl/N-ethyl adjacent to an activating group) is 1. The van der Waals surface area contributed by atoms with Crippen molar-refractivity contribution in [2.75, 3.05) is 20.1 Å². The molecule has 13 nitrogen and oxygen atoms in total. The average molecular weight is 759 g/mol. The highest BCUT2D eigenvalue weighted by Gasteiger charge is 2.41. The number of carbonyl (C=O) groups excluding carboxylic acids is 4. The Balaban J connectivity index is 1.28. The van der Waals surface area contributed by atoms with Crippen molar-refractivity contribution in [2.45, 2.75) is 123 Å². The monoisotopic (exact) mass is 758 g/mol. The molecule has 1 saturated carbocycles. The fourth-order valence-electron chi connectivity index (χ4n) is 7.55. The Hall–Kier alpha value is -3.43. The highest BCUT2D eigenvalue weighted by atomic mass is 32.1. The van der Waals surface area contributed by atoms with Crippen LogP contribution in [0.5, 0.6) is 0 Å². The lowest BCUT2D eigenvalue weighted by atomic mass is 9.83. The van der Waals surface area contributed by atoms with Gasteiger partial charge in [-0.2, -0.15) is 0 Å². The number of fused-ring (bicyclic) bond motifs is 3. The zero-order valence-electron chi connectivity index (χ0n) is 31.1. The second-order valence-corrected chi connectivity index (χ2v) is 17.2. The molecule has 6 rings (SSSR count). The molecule has 3 amide bonds. The Morgan fingerprint density at radius 2 is 1.73 bits per heavy atom. The van der Waals surface area contributed by atoms with Crippen LogP contribution in [0.4, 0.5) is 0 Å². The minimum Gasteiger partial charge on any atom is -0.481 e. The molecule has 3 N–H and O–H groups in total. The van der Waals surface area contributed by atoms with E-state index < -0.39 is 42.0 Å². The molecule has 0 aromatic carbocycles. The Morgan fingerprint density at radius 3 is 2.29 bits per heavy atom. The second kappa shape index (κ2) is 17.6. The number of carbonyl (C=O) groups is 5. The molecule has 3 saturated heterocycles. The summed E-state index contributed by atoms with van der Waals surface area (Å²) in [7, 11) is 1.75. The Kier molecular flexibility index (Phi) is 13.5. The van der Waals surface area contributed by atoms with Crippen LogP contribution in [-0.4, -0.2) is 98.8 Å². The number of amides is 3. The number of thiazole rings is 2. The summed E-state index contributed by atoms with van der Waals surface area (Å²) >= 11 is 2.65. The molecule has 5 heterocycles. The summed E-state index contributed by atoms with van der Waals surface area (Å²) in [5, 5.41) is 20.4. The SMILES string of the molecule is CC(=O)O[C@H](C[C@H](C(C)C)N(C)C(=O)[C@H](CC1CC1)NC(=O)[C@H]1CC2CCN1CC2)c1nc(C(=O)N[C@@H](Cc2nc(C)cs2)C[C@H](C)C(=O)O)cs1. The summed E-state index contributed by atoms with van der Waals surface area (Å²) in [6, 6.07) is -1.68. The van der Waals surface area contributed by atoms with Crippen LogP contribution in [0.1, 0.15) is 111 Å². The maximum Gasteiger partial charge on any atom is 0.306 e. The highest BCUT2D eigenvalue weighted by molar-refractivity contribution is 7.10. The van der Waals surface area contributed by atoms with E-state index in [1.165, 1.54) is 29.6 Å². The van der Waals surface area contributed by atoms with Crippen molar-refractivity contribution in [2.24, 2.45) is 23.7 Å². The molecule has 15 heteroatoms. The van der Waals surface area contributed by atoms with E-state index in [4.69, 9.17) is 4.74 Å². The fraction of sp³-hybridized carbons (Fsp3) is 0.703. The fourth-order valence-corrected chi connectivity index (χ4v) is 9.24. The molecule has 2 bridgehead atoms. The molecule has 2 aromatic rings. The number of ether oxygens (including phenoxy) is 1. The summed E-state index contributed by atoms with van der Waals surface area (Å²) in [6.07, 6.45) is 5.81. The molecule has 286 valence electrons. The number of hydrogen-bond acceptors (Lipinski definition) is 11. The van der Waals surface area contributed by atoms with E-state index in [9.17, 15) is 29.1 Å². The molecule has 2 aromatic heterocycles. The molecule has 6 atom stereocenters. The number of nitrogens with zero attached hydrogens (tertiary/aromatic N) is 4. The summed E-state index contributed by atoms with van der Waals surface area (Å²) in [6.45, 7) is 10.7. The predicted octanol–water partition coefficient (Wildman–Crippen LogP) is 4.61. The van der Waals surface area contributed by atoms with E-state index >= 15 is 0 Å². The third-order valence-corrected chi connectivity index (χ3v) is 12.6. The van der Waals surface area contributed by atoms with E-state index in [0.29, 0.717) is 29.7 Å². The summed E-state index contributed by atoms with van der Waals surface area (Å²) < 4.78 is 5.78. The topological polar surface area (TPSA) is 171 Å². The Labute approximate surface area is 314 Å². The van der Waals surface area contributed by atoms with Gasteiger partial charge in [0.15, 0.2) is 6.10 Å². The smallest absolute Gasteiger partial charge is 0.306 e. The summed E-state index contributed by atoms with van der Waals surface area (Å²) in [4.78, 5) is 78.2. The van der Waals surface area contributed by atoms with Crippen LogP contribution in [0.15, 0.2) is 10.8 Å². The predicted molar refractivity (Wildman–Crippen MR) is 198 cm³/mol.